The molecular weight excluding hydrogens is 472 g/mol. The number of nitrogens with zero attached hydrogens (tertiary/aromatic N) is 1. The van der Waals surface area contributed by atoms with Gasteiger partial charge in [-0.1, -0.05) is 39.5 Å². The summed E-state index contributed by atoms with van der Waals surface area (Å²) in [5.74, 6) is -4.83. The van der Waals surface area contributed by atoms with E-state index in [1.54, 1.807) is 0 Å². The van der Waals surface area contributed by atoms with Gasteiger partial charge in [0.05, 0.1) is 11.8 Å². The lowest BCUT2D eigenvalue weighted by atomic mass is 10.00. The normalized spacial score (nSPS) is 20.9. The fourth-order valence-corrected chi connectivity index (χ4v) is 5.56. The fourth-order valence-electron chi connectivity index (χ4n) is 4.56. The van der Waals surface area contributed by atoms with E-state index >= 15 is 0 Å². The number of carbonyl (C=O) groups excluding carboxylic acids is 1. The summed E-state index contributed by atoms with van der Waals surface area (Å²) in [5, 5.41) is 7.86. The molecule has 1 amide bonds. The van der Waals surface area contributed by atoms with Crippen LogP contribution in [-0.2, 0) is 24.4 Å². The van der Waals surface area contributed by atoms with Crippen LogP contribution in [0.4, 0.5) is 8.78 Å². The summed E-state index contributed by atoms with van der Waals surface area (Å²) in [6, 6.07) is 0. The van der Waals surface area contributed by atoms with Gasteiger partial charge in [0.2, 0.25) is 5.91 Å². The Morgan fingerprint density at radius 2 is 1.71 bits per heavy atom. The summed E-state index contributed by atoms with van der Waals surface area (Å²) >= 11 is 0. The number of alkyl halides is 2. The smallest absolute Gasteiger partial charge is 0.335 e. The Bertz CT molecular complexity index is 754. The summed E-state index contributed by atoms with van der Waals surface area (Å²) in [7, 11) is -4.25. The molecule has 0 spiro atoms. The molecule has 0 aromatic carbocycles. The first-order valence-corrected chi connectivity index (χ1v) is 13.8. The molecule has 1 aliphatic heterocycles. The molecule has 2 N–H and O–H groups in total. The van der Waals surface area contributed by atoms with Gasteiger partial charge in [0.1, 0.15) is 0 Å². The Hall–Kier alpha value is -1.33. The summed E-state index contributed by atoms with van der Waals surface area (Å²) in [6.07, 6.45) is 6.71. The zero-order valence-electron chi connectivity index (χ0n) is 20.6. The zero-order chi connectivity index (χ0) is 26.0. The highest BCUT2D eigenvalue weighted by Gasteiger charge is 2.42. The topological polar surface area (TPSA) is 121 Å². The van der Waals surface area contributed by atoms with Gasteiger partial charge in [-0.3, -0.25) is 9.35 Å². The molecule has 1 heterocycles. The number of unbranched alkanes of at least 4 members (excludes halogenated alkanes) is 3. The van der Waals surface area contributed by atoms with Crippen molar-refractivity contribution in [3.63, 3.8) is 0 Å². The van der Waals surface area contributed by atoms with Crippen LogP contribution in [-0.4, -0.2) is 71.3 Å². The number of hydrogen-bond donors (Lipinski definition) is 2. The number of aliphatic carboxylic acids is 1. The molecule has 1 aliphatic carbocycles. The van der Waals surface area contributed by atoms with E-state index in [1.807, 2.05) is 13.8 Å². The van der Waals surface area contributed by atoms with Crippen LogP contribution in [0.5, 0.6) is 0 Å². The number of carboxylic acid groups (broad SMARTS) is 1. The molecule has 8 nitrogen and oxygen atoms in total. The highest BCUT2D eigenvalue weighted by Crippen LogP contribution is 2.33. The number of rotatable bonds is 12. The molecule has 2 unspecified atom stereocenters. The van der Waals surface area contributed by atoms with E-state index < -0.39 is 51.2 Å². The van der Waals surface area contributed by atoms with E-state index in [1.165, 1.54) is 6.92 Å². The zero-order valence-corrected chi connectivity index (χ0v) is 21.4. The molecule has 1 saturated carbocycles. The maximum absolute atomic E-state index is 13.2. The molecule has 0 aromatic heterocycles. The second-order valence-corrected chi connectivity index (χ2v) is 11.1. The minimum Gasteiger partial charge on any atom is -0.479 e. The first kappa shape index (κ1) is 30.7. The van der Waals surface area contributed by atoms with Gasteiger partial charge >= 0.3 is 5.97 Å². The molecule has 1 saturated heterocycles. The van der Waals surface area contributed by atoms with Gasteiger partial charge in [-0.2, -0.15) is 8.42 Å². The number of ether oxygens (including phenoxy) is 1. The molecule has 2 rings (SSSR count). The van der Waals surface area contributed by atoms with E-state index in [-0.39, 0.29) is 25.8 Å². The highest BCUT2D eigenvalue weighted by atomic mass is 32.2. The van der Waals surface area contributed by atoms with Crippen molar-refractivity contribution in [1.82, 2.24) is 4.90 Å². The summed E-state index contributed by atoms with van der Waals surface area (Å²) in [6.45, 7) is 5.28. The average molecular weight is 514 g/mol. The number of carbonyl (C=O) groups is 2. The number of hydrogen-bond acceptors (Lipinski definition) is 5. The van der Waals surface area contributed by atoms with Gasteiger partial charge in [0.25, 0.3) is 16.0 Å². The van der Waals surface area contributed by atoms with Gasteiger partial charge in [-0.25, -0.2) is 13.6 Å². The molecule has 0 bridgehead atoms. The molecule has 200 valence electrons. The molecule has 2 atom stereocenters. The molecule has 2 aliphatic rings. The lowest BCUT2D eigenvalue weighted by Gasteiger charge is -2.23. The predicted octanol–water partition coefficient (Wildman–Crippen LogP) is 4.53. The summed E-state index contributed by atoms with van der Waals surface area (Å²) in [4.78, 5) is 24.1. The Labute approximate surface area is 202 Å². The second kappa shape index (κ2) is 13.7. The average Bonchev–Trinajstić information content (AvgIpc) is 3.36. The molecular formula is C23H41F2NO7S. The van der Waals surface area contributed by atoms with Crippen molar-refractivity contribution in [1.29, 1.82) is 0 Å². The highest BCUT2D eigenvalue weighted by molar-refractivity contribution is 7.86. The predicted molar refractivity (Wildman–Crippen MR) is 124 cm³/mol. The summed E-state index contributed by atoms with van der Waals surface area (Å²) in [5.41, 5.74) is -0.839. The maximum Gasteiger partial charge on any atom is 0.335 e. The van der Waals surface area contributed by atoms with Crippen LogP contribution in [0.2, 0.25) is 0 Å². The molecule has 2 fully saturated rings. The van der Waals surface area contributed by atoms with Crippen LogP contribution < -0.4 is 0 Å². The minimum absolute atomic E-state index is 0.0107. The maximum atomic E-state index is 13.2. The fraction of sp³-hybridized carbons (Fsp3) is 0.913. The van der Waals surface area contributed by atoms with Crippen LogP contribution in [0.25, 0.3) is 0 Å². The van der Waals surface area contributed by atoms with Crippen LogP contribution in [0, 0.1) is 5.92 Å². The Kier molecular flexibility index (Phi) is 12.4. The molecule has 0 radical (unpaired) electrons. The molecule has 11 heteroatoms. The van der Waals surface area contributed by atoms with E-state index in [0.717, 1.165) is 37.0 Å². The third kappa shape index (κ3) is 9.73. The van der Waals surface area contributed by atoms with Crippen LogP contribution >= 0.6 is 0 Å². The Morgan fingerprint density at radius 1 is 1.09 bits per heavy atom. The second-order valence-electron chi connectivity index (χ2n) is 9.43. The summed E-state index contributed by atoms with van der Waals surface area (Å²) < 4.78 is 63.9. The van der Waals surface area contributed by atoms with Crippen molar-refractivity contribution < 1.29 is 41.2 Å². The van der Waals surface area contributed by atoms with Crippen molar-refractivity contribution in [3.05, 3.63) is 0 Å². The molecule has 0 aromatic rings. The Morgan fingerprint density at radius 3 is 2.15 bits per heavy atom. The lowest BCUT2D eigenvalue weighted by molar-refractivity contribution is -0.164. The number of halogens is 2. The van der Waals surface area contributed by atoms with Crippen LogP contribution in [0.3, 0.4) is 0 Å². The largest absolute Gasteiger partial charge is 0.479 e. The van der Waals surface area contributed by atoms with Crippen molar-refractivity contribution in [2.24, 2.45) is 5.92 Å². The van der Waals surface area contributed by atoms with Gasteiger partial charge in [-0.15, -0.1) is 0 Å². The van der Waals surface area contributed by atoms with Crippen molar-refractivity contribution in [2.45, 2.75) is 108 Å². The van der Waals surface area contributed by atoms with Crippen molar-refractivity contribution in [2.75, 3.05) is 19.7 Å². The van der Waals surface area contributed by atoms with E-state index in [2.05, 4.69) is 0 Å². The van der Waals surface area contributed by atoms with Crippen molar-refractivity contribution in [3.8, 4) is 0 Å². The number of carboxylic acids is 1. The first-order chi connectivity index (χ1) is 15.8. The first-order valence-electron chi connectivity index (χ1n) is 12.3. The van der Waals surface area contributed by atoms with Gasteiger partial charge in [-0.05, 0) is 45.4 Å². The third-order valence-corrected chi connectivity index (χ3v) is 7.81. The number of likely N-dealkylation sites (tertiary alicyclic amines) is 1. The number of amides is 1. The SMILES string of the molecule is CCCCCCC(CC(C)C(=O)N1CCC(F)(F)C1)S(=O)(=O)O.CCOC1(C(=O)O)CCCC1. The van der Waals surface area contributed by atoms with E-state index in [0.29, 0.717) is 25.9 Å². The van der Waals surface area contributed by atoms with Crippen LogP contribution in [0.1, 0.15) is 91.4 Å². The van der Waals surface area contributed by atoms with Crippen LogP contribution in [0.15, 0.2) is 0 Å². The molecule has 34 heavy (non-hydrogen) atoms. The van der Waals surface area contributed by atoms with Gasteiger partial charge in [0.15, 0.2) is 5.60 Å². The van der Waals surface area contributed by atoms with E-state index in [9.17, 15) is 31.3 Å². The lowest BCUT2D eigenvalue weighted by Crippen LogP contribution is -2.38. The quantitative estimate of drug-likeness (QED) is 0.290. The van der Waals surface area contributed by atoms with Crippen molar-refractivity contribution >= 4 is 22.0 Å². The monoisotopic (exact) mass is 513 g/mol. The third-order valence-electron chi connectivity index (χ3n) is 6.54. The minimum atomic E-state index is -4.25. The standard InChI is InChI=1S/C15H27F2NO4S.C8H14O3/c1-3-4-5-6-7-13(23(20,21)22)10-12(2)14(19)18-9-8-15(16,17)11-18;1-2-11-8(7(9)10)5-3-4-6-8/h12-13H,3-11H2,1-2H3,(H,20,21,22);2-6H2,1H3,(H,9,10). The van der Waals surface area contributed by atoms with Gasteiger partial charge in [0, 0.05) is 25.5 Å². The van der Waals surface area contributed by atoms with Gasteiger partial charge < -0.3 is 14.7 Å². The van der Waals surface area contributed by atoms with E-state index in [4.69, 9.17) is 9.84 Å². The Balaban J connectivity index is 0.000000437.